The van der Waals surface area contributed by atoms with E-state index in [2.05, 4.69) is 17.1 Å². The molecule has 1 heterocycles. The average Bonchev–Trinajstić information content (AvgIpc) is 2.55. The first kappa shape index (κ1) is 19.1. The van der Waals surface area contributed by atoms with Crippen molar-refractivity contribution in [3.05, 3.63) is 69.0 Å². The number of nitrogens with one attached hydrogen (secondary N) is 1. The summed E-state index contributed by atoms with van der Waals surface area (Å²) in [5.74, 6) is -1.67. The molecule has 2 N–H and O–H groups in total. The zero-order valence-electron chi connectivity index (χ0n) is 13.8. The van der Waals surface area contributed by atoms with Gasteiger partial charge in [-0.05, 0) is 25.5 Å². The van der Waals surface area contributed by atoms with Crippen LogP contribution in [0.25, 0.3) is 0 Å². The number of aliphatic carboxylic acids is 1. The number of carboxylic acids is 1. The molecule has 0 aromatic heterocycles. The second-order valence-corrected chi connectivity index (χ2v) is 6.23. The highest BCUT2D eigenvalue weighted by molar-refractivity contribution is 6.42. The lowest BCUT2D eigenvalue weighted by Gasteiger charge is -2.29. The number of carbonyl (C=O) groups is 1. The first-order valence-electron chi connectivity index (χ1n) is 7.50. The van der Waals surface area contributed by atoms with Crippen molar-refractivity contribution in [2.24, 2.45) is 5.16 Å². The summed E-state index contributed by atoms with van der Waals surface area (Å²) in [7, 11) is 0. The zero-order valence-corrected chi connectivity index (χ0v) is 15.4. The first-order chi connectivity index (χ1) is 11.9. The number of allylic oxidation sites excluding steroid dienone is 3. The Labute approximate surface area is 156 Å². The van der Waals surface area contributed by atoms with Crippen LogP contribution >= 0.6 is 23.2 Å². The van der Waals surface area contributed by atoms with Crippen LogP contribution in [0.15, 0.2) is 58.6 Å². The molecule has 0 bridgehead atoms. The predicted molar refractivity (Wildman–Crippen MR) is 100 cm³/mol. The van der Waals surface area contributed by atoms with Gasteiger partial charge in [0.1, 0.15) is 6.61 Å². The minimum atomic E-state index is -1.04. The van der Waals surface area contributed by atoms with E-state index in [0.29, 0.717) is 26.9 Å². The third-order valence-electron chi connectivity index (χ3n) is 3.79. The van der Waals surface area contributed by atoms with Gasteiger partial charge >= 0.3 is 5.97 Å². The highest BCUT2D eigenvalue weighted by atomic mass is 35.5. The summed E-state index contributed by atoms with van der Waals surface area (Å²) in [5, 5.41) is 17.4. The van der Waals surface area contributed by atoms with Crippen LogP contribution in [0.3, 0.4) is 0 Å². The van der Waals surface area contributed by atoms with Gasteiger partial charge in [-0.3, -0.25) is 0 Å². The number of benzene rings is 1. The fourth-order valence-electron chi connectivity index (χ4n) is 2.72. The summed E-state index contributed by atoms with van der Waals surface area (Å²) in [5.41, 5.74) is 2.71. The molecule has 0 amide bonds. The fourth-order valence-corrected chi connectivity index (χ4v) is 3.14. The van der Waals surface area contributed by atoms with E-state index >= 15 is 0 Å². The molecule has 25 heavy (non-hydrogen) atoms. The maximum Gasteiger partial charge on any atom is 0.334 e. The van der Waals surface area contributed by atoms with Crippen LogP contribution in [0.1, 0.15) is 25.3 Å². The molecule has 1 unspecified atom stereocenters. The molecule has 132 valence electrons. The van der Waals surface area contributed by atoms with Crippen LogP contribution in [0.5, 0.6) is 0 Å². The molecule has 1 aromatic carbocycles. The number of nitrogens with zero attached hydrogens (tertiary/aromatic N) is 1. The Bertz CT molecular complexity index is 798. The monoisotopic (exact) mass is 380 g/mol. The number of rotatable bonds is 6. The van der Waals surface area contributed by atoms with Crippen LogP contribution in [-0.4, -0.2) is 23.9 Å². The Morgan fingerprint density at radius 3 is 2.76 bits per heavy atom. The van der Waals surface area contributed by atoms with E-state index in [9.17, 15) is 9.90 Å². The van der Waals surface area contributed by atoms with E-state index in [-0.39, 0.29) is 12.2 Å². The van der Waals surface area contributed by atoms with Gasteiger partial charge in [0.2, 0.25) is 0 Å². The van der Waals surface area contributed by atoms with Crippen molar-refractivity contribution in [2.75, 3.05) is 6.61 Å². The maximum absolute atomic E-state index is 11.9. The van der Waals surface area contributed by atoms with Gasteiger partial charge in [-0.25, -0.2) is 4.79 Å². The molecule has 0 fully saturated rings. The van der Waals surface area contributed by atoms with Gasteiger partial charge in [0.25, 0.3) is 0 Å². The Morgan fingerprint density at radius 1 is 1.40 bits per heavy atom. The van der Waals surface area contributed by atoms with Gasteiger partial charge in [-0.1, -0.05) is 53.1 Å². The number of hydrogen-bond acceptors (Lipinski definition) is 4. The summed E-state index contributed by atoms with van der Waals surface area (Å²) in [6.45, 7) is 7.34. The molecule has 1 aliphatic heterocycles. The van der Waals surface area contributed by atoms with E-state index in [1.807, 2.05) is 6.92 Å². The van der Waals surface area contributed by atoms with Crippen molar-refractivity contribution >= 4 is 35.4 Å². The maximum atomic E-state index is 11.9. The lowest BCUT2D eigenvalue weighted by molar-refractivity contribution is -0.133. The van der Waals surface area contributed by atoms with Gasteiger partial charge < -0.3 is 15.3 Å². The molecule has 0 saturated heterocycles. The number of oxime groups is 1. The second kappa shape index (κ2) is 8.23. The van der Waals surface area contributed by atoms with Crippen LogP contribution in [0.4, 0.5) is 0 Å². The topological polar surface area (TPSA) is 70.9 Å². The minimum absolute atomic E-state index is 0.180. The summed E-state index contributed by atoms with van der Waals surface area (Å²) in [6.07, 6.45) is 3.05. The molecule has 0 aliphatic carbocycles. The highest BCUT2D eigenvalue weighted by Crippen LogP contribution is 2.42. The molecule has 1 aromatic rings. The van der Waals surface area contributed by atoms with E-state index < -0.39 is 11.9 Å². The highest BCUT2D eigenvalue weighted by Gasteiger charge is 2.34. The summed E-state index contributed by atoms with van der Waals surface area (Å²) < 4.78 is 0. The molecule has 0 radical (unpaired) electrons. The average molecular weight is 381 g/mol. The Kier molecular flexibility index (Phi) is 6.28. The van der Waals surface area contributed by atoms with E-state index in [1.165, 1.54) is 6.21 Å². The SMILES string of the molecule is C=CCON=CC1=C(C)NC(C)=C(C(=O)O)C1c1cccc(Cl)c1Cl. The molecular formula is C18H18Cl2N2O3. The lowest BCUT2D eigenvalue weighted by Crippen LogP contribution is -2.28. The number of hydrogen-bond donors (Lipinski definition) is 2. The standard InChI is InChI=1S/C18H18Cl2N2O3/c1-4-8-25-21-9-13-10(2)22-11(3)15(18(23)24)16(13)12-6-5-7-14(19)17(12)20/h4-7,9,16,22H,1,8H2,2-3H3,(H,23,24). The van der Waals surface area contributed by atoms with Gasteiger partial charge in [-0.15, -0.1) is 0 Å². The smallest absolute Gasteiger partial charge is 0.334 e. The molecular weight excluding hydrogens is 363 g/mol. The number of dihydropyridines is 1. The molecule has 0 spiro atoms. The van der Waals surface area contributed by atoms with E-state index in [4.69, 9.17) is 28.0 Å². The minimum Gasteiger partial charge on any atom is -0.478 e. The van der Waals surface area contributed by atoms with E-state index in [0.717, 1.165) is 5.70 Å². The van der Waals surface area contributed by atoms with Crippen molar-refractivity contribution in [1.82, 2.24) is 5.32 Å². The third-order valence-corrected chi connectivity index (χ3v) is 4.63. The number of carboxylic acid groups (broad SMARTS) is 1. The van der Waals surface area contributed by atoms with Crippen molar-refractivity contribution < 1.29 is 14.7 Å². The van der Waals surface area contributed by atoms with Gasteiger partial charge in [0.15, 0.2) is 0 Å². The normalized spacial score (nSPS) is 17.7. The number of halogens is 2. The van der Waals surface area contributed by atoms with Crippen molar-refractivity contribution in [1.29, 1.82) is 0 Å². The fraction of sp³-hybridized carbons (Fsp3) is 0.222. The summed E-state index contributed by atoms with van der Waals surface area (Å²) in [6, 6.07) is 5.15. The third kappa shape index (κ3) is 4.06. The molecule has 7 heteroatoms. The lowest BCUT2D eigenvalue weighted by atomic mass is 9.81. The summed E-state index contributed by atoms with van der Waals surface area (Å²) >= 11 is 12.5. The quantitative estimate of drug-likeness (QED) is 0.329. The first-order valence-corrected chi connectivity index (χ1v) is 8.26. The summed E-state index contributed by atoms with van der Waals surface area (Å²) in [4.78, 5) is 16.9. The molecule has 2 rings (SSSR count). The molecule has 0 saturated carbocycles. The second-order valence-electron chi connectivity index (χ2n) is 5.44. The molecule has 1 atom stereocenters. The van der Waals surface area contributed by atoms with Crippen LogP contribution in [0.2, 0.25) is 10.0 Å². The molecule has 5 nitrogen and oxygen atoms in total. The van der Waals surface area contributed by atoms with Crippen LogP contribution in [-0.2, 0) is 9.63 Å². The van der Waals surface area contributed by atoms with Gasteiger partial charge in [0, 0.05) is 22.9 Å². The van der Waals surface area contributed by atoms with E-state index in [1.54, 1.807) is 31.2 Å². The Hall–Kier alpha value is -2.24. The Balaban J connectivity index is 2.61. The van der Waals surface area contributed by atoms with Crippen LogP contribution < -0.4 is 5.32 Å². The largest absolute Gasteiger partial charge is 0.478 e. The predicted octanol–water partition coefficient (Wildman–Crippen LogP) is 4.50. The van der Waals surface area contributed by atoms with Gasteiger partial charge in [0.05, 0.1) is 21.8 Å². The van der Waals surface area contributed by atoms with Crippen molar-refractivity contribution in [3.63, 3.8) is 0 Å². The van der Waals surface area contributed by atoms with Crippen LogP contribution in [0, 0.1) is 0 Å². The molecule has 1 aliphatic rings. The van der Waals surface area contributed by atoms with Gasteiger partial charge in [-0.2, -0.15) is 0 Å². The van der Waals surface area contributed by atoms with Crippen molar-refractivity contribution in [3.8, 4) is 0 Å². The Morgan fingerprint density at radius 2 is 2.12 bits per heavy atom. The zero-order chi connectivity index (χ0) is 18.6. The van der Waals surface area contributed by atoms with Crippen molar-refractivity contribution in [2.45, 2.75) is 19.8 Å².